The first-order chi connectivity index (χ1) is 13.2. The van der Waals surface area contributed by atoms with Gasteiger partial charge in [0.15, 0.2) is 11.5 Å². The van der Waals surface area contributed by atoms with Gasteiger partial charge < -0.3 is 24.6 Å². The molecule has 6 heteroatoms. The summed E-state index contributed by atoms with van der Waals surface area (Å²) in [5.74, 6) is 2.64. The molecule has 3 rings (SSSR count). The zero-order valence-electron chi connectivity index (χ0n) is 16.6. The summed E-state index contributed by atoms with van der Waals surface area (Å²) in [6.07, 6.45) is 1.91. The van der Waals surface area contributed by atoms with E-state index in [0.717, 1.165) is 56.6 Å². The molecule has 2 heterocycles. The van der Waals surface area contributed by atoms with Crippen molar-refractivity contribution in [2.75, 3.05) is 51.8 Å². The Kier molecular flexibility index (Phi) is 6.90. The summed E-state index contributed by atoms with van der Waals surface area (Å²) in [7, 11) is 3.83. The van der Waals surface area contributed by atoms with Crippen LogP contribution in [0.1, 0.15) is 18.1 Å². The highest BCUT2D eigenvalue weighted by atomic mass is 16.5. The minimum atomic E-state index is 0.624. The number of nitrogens with one attached hydrogen (secondary N) is 1. The van der Waals surface area contributed by atoms with Crippen LogP contribution in [0, 0.1) is 0 Å². The second-order valence-corrected chi connectivity index (χ2v) is 6.83. The minimum Gasteiger partial charge on any atom is -0.493 e. The van der Waals surface area contributed by atoms with E-state index >= 15 is 0 Å². The van der Waals surface area contributed by atoms with E-state index in [9.17, 15) is 0 Å². The molecule has 0 atom stereocenters. The molecule has 1 N–H and O–H groups in total. The fourth-order valence-electron chi connectivity index (χ4n) is 3.23. The highest BCUT2D eigenvalue weighted by Crippen LogP contribution is 2.28. The first-order valence-corrected chi connectivity index (χ1v) is 9.58. The Morgan fingerprint density at radius 2 is 1.74 bits per heavy atom. The summed E-state index contributed by atoms with van der Waals surface area (Å²) < 4.78 is 11.0. The predicted octanol–water partition coefficient (Wildman–Crippen LogP) is 2.53. The third-order valence-electron chi connectivity index (χ3n) is 4.82. The normalized spacial score (nSPS) is 15.0. The van der Waals surface area contributed by atoms with Crippen molar-refractivity contribution in [2.45, 2.75) is 20.0 Å². The zero-order chi connectivity index (χ0) is 19.1. The smallest absolute Gasteiger partial charge is 0.161 e. The molecule has 0 aliphatic carbocycles. The Hall–Kier alpha value is -2.31. The van der Waals surface area contributed by atoms with Crippen molar-refractivity contribution in [1.29, 1.82) is 0 Å². The quantitative estimate of drug-likeness (QED) is 0.771. The van der Waals surface area contributed by atoms with Crippen molar-refractivity contribution >= 4 is 5.82 Å². The number of benzene rings is 1. The van der Waals surface area contributed by atoms with E-state index in [2.05, 4.69) is 45.3 Å². The molecule has 1 aliphatic heterocycles. The molecule has 0 spiro atoms. The van der Waals surface area contributed by atoms with Crippen molar-refractivity contribution in [1.82, 2.24) is 15.2 Å². The van der Waals surface area contributed by atoms with Crippen molar-refractivity contribution in [3.8, 4) is 11.5 Å². The van der Waals surface area contributed by atoms with E-state index in [0.29, 0.717) is 6.61 Å². The highest BCUT2D eigenvalue weighted by Gasteiger charge is 2.15. The lowest BCUT2D eigenvalue weighted by molar-refractivity contribution is 0.310. The minimum absolute atomic E-state index is 0.624. The second-order valence-electron chi connectivity index (χ2n) is 6.83. The van der Waals surface area contributed by atoms with Gasteiger partial charge in [0, 0.05) is 45.5 Å². The first-order valence-electron chi connectivity index (χ1n) is 9.58. The van der Waals surface area contributed by atoms with Crippen LogP contribution in [-0.4, -0.2) is 56.8 Å². The Balaban J connectivity index is 1.56. The maximum absolute atomic E-state index is 5.65. The molecule has 0 radical (unpaired) electrons. The van der Waals surface area contributed by atoms with Gasteiger partial charge in [0.1, 0.15) is 5.82 Å². The van der Waals surface area contributed by atoms with Gasteiger partial charge in [-0.3, -0.25) is 0 Å². The molecule has 1 saturated heterocycles. The van der Waals surface area contributed by atoms with Gasteiger partial charge in [0.05, 0.1) is 13.7 Å². The summed E-state index contributed by atoms with van der Waals surface area (Å²) >= 11 is 0. The van der Waals surface area contributed by atoms with Gasteiger partial charge in [-0.25, -0.2) is 4.98 Å². The summed E-state index contributed by atoms with van der Waals surface area (Å²) in [5.41, 5.74) is 2.42. The molecule has 0 saturated carbocycles. The summed E-state index contributed by atoms with van der Waals surface area (Å²) in [5, 5.41) is 3.51. The van der Waals surface area contributed by atoms with Crippen molar-refractivity contribution in [3.63, 3.8) is 0 Å². The molecule has 1 aromatic heterocycles. The molecule has 0 amide bonds. The van der Waals surface area contributed by atoms with Crippen molar-refractivity contribution in [3.05, 3.63) is 47.7 Å². The third kappa shape index (κ3) is 5.34. The van der Waals surface area contributed by atoms with Gasteiger partial charge >= 0.3 is 0 Å². The van der Waals surface area contributed by atoms with E-state index < -0.39 is 0 Å². The Morgan fingerprint density at radius 1 is 1.00 bits per heavy atom. The zero-order valence-corrected chi connectivity index (χ0v) is 16.6. The third-order valence-corrected chi connectivity index (χ3v) is 4.82. The van der Waals surface area contributed by atoms with E-state index in [4.69, 9.17) is 9.47 Å². The number of anilines is 1. The Bertz CT molecular complexity index is 730. The van der Waals surface area contributed by atoms with Gasteiger partial charge in [-0.15, -0.1) is 0 Å². The number of rotatable bonds is 8. The lowest BCUT2D eigenvalue weighted by Gasteiger charge is -2.33. The molecule has 0 bridgehead atoms. The van der Waals surface area contributed by atoms with Gasteiger partial charge in [-0.1, -0.05) is 6.07 Å². The molecule has 0 unspecified atom stereocenters. The number of ether oxygens (including phenoxy) is 2. The van der Waals surface area contributed by atoms with Crippen LogP contribution in [0.4, 0.5) is 5.82 Å². The molecule has 2 aromatic rings. The molecule has 1 aromatic carbocycles. The number of hydrogen-bond donors (Lipinski definition) is 1. The molecular formula is C21H30N4O2. The maximum Gasteiger partial charge on any atom is 0.161 e. The largest absolute Gasteiger partial charge is 0.493 e. The van der Waals surface area contributed by atoms with Gasteiger partial charge in [0.2, 0.25) is 0 Å². The number of likely N-dealkylation sites (N-methyl/N-ethyl adjacent to an activating group) is 1. The van der Waals surface area contributed by atoms with Crippen molar-refractivity contribution < 1.29 is 9.47 Å². The predicted molar refractivity (Wildman–Crippen MR) is 109 cm³/mol. The van der Waals surface area contributed by atoms with Gasteiger partial charge in [-0.05, 0) is 49.4 Å². The highest BCUT2D eigenvalue weighted by molar-refractivity contribution is 5.43. The van der Waals surface area contributed by atoms with Crippen LogP contribution in [0.5, 0.6) is 11.5 Å². The van der Waals surface area contributed by atoms with Crippen LogP contribution >= 0.6 is 0 Å². The fourth-order valence-corrected chi connectivity index (χ4v) is 3.23. The maximum atomic E-state index is 5.65. The molecule has 146 valence electrons. The van der Waals surface area contributed by atoms with Gasteiger partial charge in [-0.2, -0.15) is 0 Å². The van der Waals surface area contributed by atoms with Crippen LogP contribution in [0.3, 0.4) is 0 Å². The van der Waals surface area contributed by atoms with Crippen LogP contribution in [0.25, 0.3) is 0 Å². The summed E-state index contributed by atoms with van der Waals surface area (Å²) in [4.78, 5) is 9.27. The number of hydrogen-bond acceptors (Lipinski definition) is 6. The Labute approximate surface area is 162 Å². The van der Waals surface area contributed by atoms with E-state index in [1.54, 1.807) is 7.11 Å². The van der Waals surface area contributed by atoms with Crippen LogP contribution in [0.2, 0.25) is 0 Å². The molecule has 1 aliphatic rings. The summed E-state index contributed by atoms with van der Waals surface area (Å²) in [6.45, 7) is 8.42. The molecule has 6 nitrogen and oxygen atoms in total. The average molecular weight is 370 g/mol. The molecule has 1 fully saturated rings. The Morgan fingerprint density at radius 3 is 2.44 bits per heavy atom. The van der Waals surface area contributed by atoms with Crippen LogP contribution < -0.4 is 19.7 Å². The van der Waals surface area contributed by atoms with Crippen molar-refractivity contribution in [2.24, 2.45) is 0 Å². The van der Waals surface area contributed by atoms with E-state index in [1.807, 2.05) is 25.3 Å². The topological polar surface area (TPSA) is 49.9 Å². The van der Waals surface area contributed by atoms with Crippen LogP contribution in [0.15, 0.2) is 36.5 Å². The average Bonchev–Trinajstić information content (AvgIpc) is 2.69. The number of aromatic nitrogens is 1. The lowest BCUT2D eigenvalue weighted by atomic mass is 10.2. The molecular weight excluding hydrogens is 340 g/mol. The number of methoxy groups -OCH3 is 1. The number of pyridine rings is 1. The number of piperazine rings is 1. The standard InChI is InChI=1S/C21H30N4O2/c1-4-27-20-13-17(5-6-19(20)26-3)15-22-16-18-7-8-23-21(14-18)25-11-9-24(2)10-12-25/h5-8,13-14,22H,4,9-12,15-16H2,1-3H3. The monoisotopic (exact) mass is 370 g/mol. The van der Waals surface area contributed by atoms with E-state index in [1.165, 1.54) is 11.1 Å². The fraction of sp³-hybridized carbons (Fsp3) is 0.476. The second kappa shape index (κ2) is 9.58. The SMILES string of the molecule is CCOc1cc(CNCc2ccnc(N3CCN(C)CC3)c2)ccc1OC. The van der Waals surface area contributed by atoms with Gasteiger partial charge in [0.25, 0.3) is 0 Å². The first kappa shape index (κ1) is 19.5. The lowest BCUT2D eigenvalue weighted by Crippen LogP contribution is -2.44. The number of nitrogens with zero attached hydrogens (tertiary/aromatic N) is 3. The molecule has 27 heavy (non-hydrogen) atoms. The summed E-state index contributed by atoms with van der Waals surface area (Å²) in [6, 6.07) is 10.3. The van der Waals surface area contributed by atoms with Crippen LogP contribution in [-0.2, 0) is 13.1 Å². The van der Waals surface area contributed by atoms with E-state index in [-0.39, 0.29) is 0 Å².